The molecule has 1 amide bonds. The number of nitrogens with zero attached hydrogens (tertiary/aromatic N) is 1. The molecule has 1 aromatic heterocycles. The summed E-state index contributed by atoms with van der Waals surface area (Å²) in [7, 11) is 1.33. The predicted octanol–water partition coefficient (Wildman–Crippen LogP) is 3.07. The van der Waals surface area contributed by atoms with Gasteiger partial charge in [0.15, 0.2) is 0 Å². The number of esters is 1. The zero-order valence-corrected chi connectivity index (χ0v) is 13.7. The highest BCUT2D eigenvalue weighted by atomic mass is 16.5. The summed E-state index contributed by atoms with van der Waals surface area (Å²) < 4.78 is 4.65. The van der Waals surface area contributed by atoms with Gasteiger partial charge in [-0.15, -0.1) is 0 Å². The van der Waals surface area contributed by atoms with E-state index in [1.54, 1.807) is 30.5 Å². The number of hydrogen-bond acceptors (Lipinski definition) is 5. The summed E-state index contributed by atoms with van der Waals surface area (Å²) in [4.78, 5) is 27.9. The van der Waals surface area contributed by atoms with Crippen molar-refractivity contribution in [3.8, 4) is 0 Å². The minimum absolute atomic E-state index is 0.0980. The third-order valence-corrected chi connectivity index (χ3v) is 3.67. The lowest BCUT2D eigenvalue weighted by atomic mass is 10.2. The van der Waals surface area contributed by atoms with Gasteiger partial charge in [-0.2, -0.15) is 0 Å². The standard InChI is InChI=1S/C19H17N3O3/c1-25-19(24)14-7-9-15(10-8-14)21-12-17(23)22-16-6-2-4-13-5-3-11-20-18(13)16/h2-11,21H,12H2,1H3,(H,22,23). The lowest BCUT2D eigenvalue weighted by Crippen LogP contribution is -2.22. The molecule has 0 radical (unpaired) electrons. The molecule has 25 heavy (non-hydrogen) atoms. The number of benzene rings is 2. The number of anilines is 2. The van der Waals surface area contributed by atoms with E-state index in [0.717, 1.165) is 16.6 Å². The van der Waals surface area contributed by atoms with Gasteiger partial charge in [0.05, 0.1) is 30.4 Å². The van der Waals surface area contributed by atoms with Crippen molar-refractivity contribution in [2.45, 2.75) is 0 Å². The lowest BCUT2D eigenvalue weighted by molar-refractivity contribution is -0.114. The highest BCUT2D eigenvalue weighted by Crippen LogP contribution is 2.20. The van der Waals surface area contributed by atoms with Crippen molar-refractivity contribution in [3.63, 3.8) is 0 Å². The number of methoxy groups -OCH3 is 1. The van der Waals surface area contributed by atoms with Gasteiger partial charge in [0.2, 0.25) is 5.91 Å². The fourth-order valence-corrected chi connectivity index (χ4v) is 2.42. The monoisotopic (exact) mass is 335 g/mol. The third kappa shape index (κ3) is 3.92. The third-order valence-electron chi connectivity index (χ3n) is 3.67. The van der Waals surface area contributed by atoms with Gasteiger partial charge in [0, 0.05) is 17.3 Å². The molecule has 0 aliphatic heterocycles. The van der Waals surface area contributed by atoms with E-state index < -0.39 is 5.97 Å². The number of pyridine rings is 1. The van der Waals surface area contributed by atoms with Crippen LogP contribution in [0.1, 0.15) is 10.4 Å². The average Bonchev–Trinajstić information content (AvgIpc) is 2.66. The molecule has 0 aliphatic carbocycles. The molecule has 0 unspecified atom stereocenters. The summed E-state index contributed by atoms with van der Waals surface area (Å²) in [5.41, 5.74) is 2.62. The van der Waals surface area contributed by atoms with Gasteiger partial charge < -0.3 is 15.4 Å². The first-order valence-corrected chi connectivity index (χ1v) is 7.73. The number of hydrogen-bond donors (Lipinski definition) is 2. The van der Waals surface area contributed by atoms with Crippen molar-refractivity contribution in [3.05, 3.63) is 66.4 Å². The molecule has 0 saturated carbocycles. The molecule has 6 nitrogen and oxygen atoms in total. The van der Waals surface area contributed by atoms with Crippen LogP contribution in [0.2, 0.25) is 0 Å². The van der Waals surface area contributed by atoms with Gasteiger partial charge in [-0.1, -0.05) is 18.2 Å². The molecule has 126 valence electrons. The SMILES string of the molecule is COC(=O)c1ccc(NCC(=O)Nc2cccc3cccnc23)cc1. The Morgan fingerprint density at radius 1 is 1.04 bits per heavy atom. The van der Waals surface area contributed by atoms with E-state index in [1.807, 2.05) is 30.3 Å². The van der Waals surface area contributed by atoms with Crippen LogP contribution < -0.4 is 10.6 Å². The van der Waals surface area contributed by atoms with Crippen LogP contribution >= 0.6 is 0 Å². The molecule has 6 heteroatoms. The van der Waals surface area contributed by atoms with Crippen LogP contribution in [-0.2, 0) is 9.53 Å². The molecule has 2 aromatic carbocycles. The summed E-state index contributed by atoms with van der Waals surface area (Å²) in [6.45, 7) is 0.0980. The van der Waals surface area contributed by atoms with E-state index >= 15 is 0 Å². The van der Waals surface area contributed by atoms with Gasteiger partial charge in [-0.25, -0.2) is 4.79 Å². The van der Waals surface area contributed by atoms with Crippen LogP contribution in [0.3, 0.4) is 0 Å². The molecule has 2 N–H and O–H groups in total. The Labute approximate surface area is 144 Å². The van der Waals surface area contributed by atoms with Gasteiger partial charge in [0.1, 0.15) is 0 Å². The topological polar surface area (TPSA) is 80.3 Å². The Balaban J connectivity index is 1.62. The number of carbonyl (C=O) groups is 2. The van der Waals surface area contributed by atoms with Crippen molar-refractivity contribution in [1.82, 2.24) is 4.98 Å². The maximum absolute atomic E-state index is 12.2. The number of para-hydroxylation sites is 1. The van der Waals surface area contributed by atoms with E-state index in [2.05, 4.69) is 20.4 Å². The molecule has 0 fully saturated rings. The van der Waals surface area contributed by atoms with Crippen LogP contribution in [0.15, 0.2) is 60.8 Å². The van der Waals surface area contributed by atoms with Crippen LogP contribution in [0.5, 0.6) is 0 Å². The number of aromatic nitrogens is 1. The second-order valence-corrected chi connectivity index (χ2v) is 5.35. The summed E-state index contributed by atoms with van der Waals surface area (Å²) in [5, 5.41) is 6.83. The van der Waals surface area contributed by atoms with E-state index in [1.165, 1.54) is 7.11 Å². The minimum Gasteiger partial charge on any atom is -0.465 e. The van der Waals surface area contributed by atoms with Crippen LogP contribution in [0.4, 0.5) is 11.4 Å². The first-order valence-electron chi connectivity index (χ1n) is 7.73. The number of amides is 1. The molecule has 3 aromatic rings. The Morgan fingerprint density at radius 2 is 1.80 bits per heavy atom. The largest absolute Gasteiger partial charge is 0.465 e. The number of ether oxygens (including phenoxy) is 1. The highest BCUT2D eigenvalue weighted by Gasteiger charge is 2.07. The van der Waals surface area contributed by atoms with Crippen LogP contribution in [-0.4, -0.2) is 30.5 Å². The first kappa shape index (κ1) is 16.4. The number of rotatable bonds is 5. The molecule has 3 rings (SSSR count). The van der Waals surface area contributed by atoms with E-state index in [9.17, 15) is 9.59 Å². The average molecular weight is 335 g/mol. The normalized spacial score (nSPS) is 10.3. The second-order valence-electron chi connectivity index (χ2n) is 5.35. The first-order chi connectivity index (χ1) is 12.2. The molecule has 0 spiro atoms. The maximum atomic E-state index is 12.2. The summed E-state index contributed by atoms with van der Waals surface area (Å²) in [6.07, 6.45) is 1.69. The zero-order valence-electron chi connectivity index (χ0n) is 13.7. The Hall–Kier alpha value is -3.41. The van der Waals surface area contributed by atoms with Gasteiger partial charge >= 0.3 is 5.97 Å². The fourth-order valence-electron chi connectivity index (χ4n) is 2.42. The van der Waals surface area contributed by atoms with Crippen LogP contribution in [0, 0.1) is 0 Å². The number of carbonyl (C=O) groups excluding carboxylic acids is 2. The quantitative estimate of drug-likeness (QED) is 0.701. The molecule has 0 saturated heterocycles. The zero-order chi connectivity index (χ0) is 17.6. The number of nitrogens with one attached hydrogen (secondary N) is 2. The van der Waals surface area contributed by atoms with E-state index in [-0.39, 0.29) is 12.5 Å². The van der Waals surface area contributed by atoms with Gasteiger partial charge in [0.25, 0.3) is 0 Å². The van der Waals surface area contributed by atoms with Crippen LogP contribution in [0.25, 0.3) is 10.9 Å². The minimum atomic E-state index is -0.396. The van der Waals surface area contributed by atoms with Crippen molar-refractivity contribution in [2.24, 2.45) is 0 Å². The molecule has 0 bridgehead atoms. The summed E-state index contributed by atoms with van der Waals surface area (Å²) >= 11 is 0. The van der Waals surface area contributed by atoms with Gasteiger partial charge in [-0.3, -0.25) is 9.78 Å². The number of fused-ring (bicyclic) bond motifs is 1. The Bertz CT molecular complexity index is 902. The maximum Gasteiger partial charge on any atom is 0.337 e. The van der Waals surface area contributed by atoms with E-state index in [4.69, 9.17) is 0 Å². The lowest BCUT2D eigenvalue weighted by Gasteiger charge is -2.10. The predicted molar refractivity (Wildman–Crippen MR) is 96.6 cm³/mol. The molecule has 0 aliphatic rings. The summed E-state index contributed by atoms with van der Waals surface area (Å²) in [5.74, 6) is -0.581. The van der Waals surface area contributed by atoms with E-state index in [0.29, 0.717) is 11.3 Å². The molecular weight excluding hydrogens is 318 g/mol. The molecule has 1 heterocycles. The van der Waals surface area contributed by atoms with Crippen molar-refractivity contribution in [2.75, 3.05) is 24.3 Å². The molecule has 0 atom stereocenters. The molecular formula is C19H17N3O3. The van der Waals surface area contributed by atoms with Crippen molar-refractivity contribution in [1.29, 1.82) is 0 Å². The summed E-state index contributed by atoms with van der Waals surface area (Å²) in [6, 6.07) is 16.2. The van der Waals surface area contributed by atoms with Crippen molar-refractivity contribution < 1.29 is 14.3 Å². The van der Waals surface area contributed by atoms with Crippen molar-refractivity contribution >= 4 is 34.2 Å². The highest BCUT2D eigenvalue weighted by molar-refractivity contribution is 6.01. The fraction of sp³-hybridized carbons (Fsp3) is 0.105. The van der Waals surface area contributed by atoms with Gasteiger partial charge in [-0.05, 0) is 36.4 Å². The smallest absolute Gasteiger partial charge is 0.337 e. The Morgan fingerprint density at radius 3 is 2.56 bits per heavy atom. The Kier molecular flexibility index (Phi) is 4.89. The second kappa shape index (κ2) is 7.44.